The fourth-order valence-electron chi connectivity index (χ4n) is 3.23. The summed E-state index contributed by atoms with van der Waals surface area (Å²) in [6.45, 7) is 4.74. The maximum atomic E-state index is 13.1. The van der Waals surface area contributed by atoms with Crippen LogP contribution in [0.15, 0.2) is 9.95 Å². The maximum Gasteiger partial charge on any atom is 0.263 e. The Hall–Kier alpha value is -1.32. The summed E-state index contributed by atoms with van der Waals surface area (Å²) in [6.07, 6.45) is 7.70. The van der Waals surface area contributed by atoms with E-state index in [1.165, 1.54) is 35.0 Å². The molecule has 2 aromatic heterocycles. The second kappa shape index (κ2) is 7.71. The average Bonchev–Trinajstić information content (AvgIpc) is 3.14. The molecule has 1 aliphatic carbocycles. The molecule has 0 aromatic carbocycles. The van der Waals surface area contributed by atoms with Gasteiger partial charge in [-0.2, -0.15) is 5.26 Å². The van der Waals surface area contributed by atoms with E-state index < -0.39 is 0 Å². The number of aromatic nitrogens is 2. The summed E-state index contributed by atoms with van der Waals surface area (Å²) in [5.41, 5.74) is 1.34. The quantitative estimate of drug-likeness (QED) is 0.413. The van der Waals surface area contributed by atoms with Crippen molar-refractivity contribution in [2.45, 2.75) is 75.7 Å². The Morgan fingerprint density at radius 1 is 1.38 bits per heavy atom. The largest absolute Gasteiger partial charge is 0.287 e. The predicted octanol–water partition coefficient (Wildman–Crippen LogP) is 4.53. The first-order valence-electron chi connectivity index (χ1n) is 8.77. The van der Waals surface area contributed by atoms with Crippen LogP contribution in [0.4, 0.5) is 0 Å². The number of thioether (sulfide) groups is 1. The number of thiophene rings is 1. The van der Waals surface area contributed by atoms with Crippen LogP contribution >= 0.6 is 23.1 Å². The van der Waals surface area contributed by atoms with Crippen LogP contribution in [0.2, 0.25) is 0 Å². The van der Waals surface area contributed by atoms with Gasteiger partial charge in [-0.25, -0.2) is 4.98 Å². The van der Waals surface area contributed by atoms with Crippen molar-refractivity contribution < 1.29 is 0 Å². The van der Waals surface area contributed by atoms with Gasteiger partial charge in [0.2, 0.25) is 0 Å². The third-order valence-electron chi connectivity index (χ3n) is 4.49. The summed E-state index contributed by atoms with van der Waals surface area (Å²) in [7, 11) is 0. The Bertz CT molecular complexity index is 831. The molecule has 0 saturated carbocycles. The topological polar surface area (TPSA) is 58.7 Å². The van der Waals surface area contributed by atoms with Crippen LogP contribution in [-0.2, 0) is 19.4 Å². The van der Waals surface area contributed by atoms with Crippen LogP contribution in [-0.4, -0.2) is 14.8 Å². The van der Waals surface area contributed by atoms with E-state index in [1.54, 1.807) is 11.3 Å². The molecule has 0 spiro atoms. The summed E-state index contributed by atoms with van der Waals surface area (Å²) < 4.78 is 1.82. The van der Waals surface area contributed by atoms with Gasteiger partial charge in [0.1, 0.15) is 4.83 Å². The van der Waals surface area contributed by atoms with E-state index >= 15 is 0 Å². The summed E-state index contributed by atoms with van der Waals surface area (Å²) in [4.78, 5) is 20.1. The van der Waals surface area contributed by atoms with Gasteiger partial charge in [0, 0.05) is 11.4 Å². The second-order valence-electron chi connectivity index (χ2n) is 6.34. The Morgan fingerprint density at radius 3 is 2.96 bits per heavy atom. The molecule has 2 aromatic rings. The van der Waals surface area contributed by atoms with Crippen molar-refractivity contribution in [3.05, 3.63) is 20.8 Å². The zero-order valence-electron chi connectivity index (χ0n) is 14.3. The number of nitriles is 1. The summed E-state index contributed by atoms with van der Waals surface area (Å²) >= 11 is 3.07. The number of unbranched alkanes of at least 4 members (excludes halogenated alkanes) is 3. The van der Waals surface area contributed by atoms with Crippen molar-refractivity contribution in [1.29, 1.82) is 5.26 Å². The molecule has 0 radical (unpaired) electrons. The van der Waals surface area contributed by atoms with Crippen LogP contribution in [0, 0.1) is 11.3 Å². The van der Waals surface area contributed by atoms with E-state index in [9.17, 15) is 4.79 Å². The smallest absolute Gasteiger partial charge is 0.263 e. The lowest BCUT2D eigenvalue weighted by Crippen LogP contribution is -2.24. The van der Waals surface area contributed by atoms with Crippen LogP contribution in [0.25, 0.3) is 10.2 Å². The minimum Gasteiger partial charge on any atom is -0.287 e. The van der Waals surface area contributed by atoms with Gasteiger partial charge in [-0.1, -0.05) is 37.9 Å². The highest BCUT2D eigenvalue weighted by atomic mass is 32.2. The Kier molecular flexibility index (Phi) is 5.62. The molecule has 1 aliphatic rings. The van der Waals surface area contributed by atoms with E-state index in [2.05, 4.69) is 13.0 Å². The molecule has 0 N–H and O–H groups in total. The lowest BCUT2D eigenvalue weighted by atomic mass is 10.2. The number of nitrogens with zero attached hydrogens (tertiary/aromatic N) is 3. The summed E-state index contributed by atoms with van der Waals surface area (Å²) in [6, 6.07) is 2.23. The van der Waals surface area contributed by atoms with E-state index in [0.717, 1.165) is 42.3 Å². The normalized spacial score (nSPS) is 14.7. The maximum absolute atomic E-state index is 13.1. The Morgan fingerprint density at radius 2 is 2.21 bits per heavy atom. The monoisotopic (exact) mass is 361 g/mol. The standard InChI is InChI=1S/C18H23N3OS2/c1-3-4-5-6-10-21-17(22)15-13-8-7-9-14(13)24-16(15)20-18(21)23-12(2)11-19/h12H,3-10H2,1-2H3/t12-/m0/s1. The number of aryl methyl sites for hydroxylation is 2. The first kappa shape index (κ1) is 17.5. The molecule has 1 atom stereocenters. The summed E-state index contributed by atoms with van der Waals surface area (Å²) in [5, 5.41) is 10.5. The Balaban J connectivity index is 2.02. The summed E-state index contributed by atoms with van der Waals surface area (Å²) in [5.74, 6) is 0. The highest BCUT2D eigenvalue weighted by Gasteiger charge is 2.23. The van der Waals surface area contributed by atoms with E-state index in [1.807, 2.05) is 11.5 Å². The Labute approximate surface area is 150 Å². The molecule has 0 saturated heterocycles. The van der Waals surface area contributed by atoms with Crippen molar-refractivity contribution in [3.63, 3.8) is 0 Å². The van der Waals surface area contributed by atoms with Crippen LogP contribution in [0.3, 0.4) is 0 Å². The van der Waals surface area contributed by atoms with Gasteiger partial charge < -0.3 is 0 Å². The van der Waals surface area contributed by atoms with Gasteiger partial charge in [-0.05, 0) is 38.2 Å². The lowest BCUT2D eigenvalue weighted by Gasteiger charge is -2.13. The van der Waals surface area contributed by atoms with Gasteiger partial charge in [0.05, 0.1) is 16.7 Å². The highest BCUT2D eigenvalue weighted by molar-refractivity contribution is 8.00. The predicted molar refractivity (Wildman–Crippen MR) is 101 cm³/mol. The number of hydrogen-bond donors (Lipinski definition) is 0. The molecule has 6 heteroatoms. The van der Waals surface area contributed by atoms with Crippen molar-refractivity contribution >= 4 is 33.3 Å². The fraction of sp³-hybridized carbons (Fsp3) is 0.611. The molecule has 0 aliphatic heterocycles. The molecular weight excluding hydrogens is 338 g/mol. The van der Waals surface area contributed by atoms with Gasteiger partial charge >= 0.3 is 0 Å². The van der Waals surface area contributed by atoms with Crippen LogP contribution in [0.5, 0.6) is 0 Å². The van der Waals surface area contributed by atoms with Crippen molar-refractivity contribution in [1.82, 2.24) is 9.55 Å². The minimum atomic E-state index is -0.206. The fourth-order valence-corrected chi connectivity index (χ4v) is 5.35. The third kappa shape index (κ3) is 3.38. The zero-order valence-corrected chi connectivity index (χ0v) is 15.9. The zero-order chi connectivity index (χ0) is 17.1. The number of rotatable bonds is 7. The average molecular weight is 362 g/mol. The molecule has 2 heterocycles. The highest BCUT2D eigenvalue weighted by Crippen LogP contribution is 2.36. The van der Waals surface area contributed by atoms with Gasteiger partial charge in [0.25, 0.3) is 5.56 Å². The molecule has 0 amide bonds. The first-order valence-corrected chi connectivity index (χ1v) is 10.5. The molecule has 0 bridgehead atoms. The minimum absolute atomic E-state index is 0.100. The van der Waals surface area contributed by atoms with Gasteiger partial charge in [0.15, 0.2) is 5.16 Å². The molecule has 3 rings (SSSR count). The lowest BCUT2D eigenvalue weighted by molar-refractivity contribution is 0.531. The van der Waals surface area contributed by atoms with E-state index in [-0.39, 0.29) is 10.8 Å². The second-order valence-corrected chi connectivity index (χ2v) is 8.73. The van der Waals surface area contributed by atoms with Gasteiger partial charge in [-0.15, -0.1) is 11.3 Å². The third-order valence-corrected chi connectivity index (χ3v) is 6.66. The van der Waals surface area contributed by atoms with Crippen molar-refractivity contribution in [2.24, 2.45) is 0 Å². The number of fused-ring (bicyclic) bond motifs is 3. The molecule has 24 heavy (non-hydrogen) atoms. The SMILES string of the molecule is CCCCCCn1c(S[C@@H](C)C#N)nc2sc3c(c2c1=O)CCC3. The molecule has 0 fully saturated rings. The molecule has 0 unspecified atom stereocenters. The molecular formula is C18H23N3OS2. The molecule has 4 nitrogen and oxygen atoms in total. The van der Waals surface area contributed by atoms with Gasteiger partial charge in [-0.3, -0.25) is 9.36 Å². The van der Waals surface area contributed by atoms with Crippen LogP contribution < -0.4 is 5.56 Å². The molecule has 128 valence electrons. The van der Waals surface area contributed by atoms with E-state index in [4.69, 9.17) is 10.2 Å². The number of hydrogen-bond acceptors (Lipinski definition) is 5. The van der Waals surface area contributed by atoms with E-state index in [0.29, 0.717) is 11.7 Å². The first-order chi connectivity index (χ1) is 11.7. The van der Waals surface area contributed by atoms with Crippen molar-refractivity contribution in [2.75, 3.05) is 0 Å². The van der Waals surface area contributed by atoms with Crippen LogP contribution in [0.1, 0.15) is 56.4 Å². The van der Waals surface area contributed by atoms with Crippen molar-refractivity contribution in [3.8, 4) is 6.07 Å².